The van der Waals surface area contributed by atoms with Gasteiger partial charge < -0.3 is 0 Å². The van der Waals surface area contributed by atoms with Crippen LogP contribution >= 0.6 is 11.3 Å². The molecule has 11 aromatic carbocycles. The monoisotopic (exact) mass is 738 g/mol. The molecule has 12 aromatic rings. The summed E-state index contributed by atoms with van der Waals surface area (Å²) in [5.41, 5.74) is 10.0. The highest BCUT2D eigenvalue weighted by molar-refractivity contribution is 7.26. The van der Waals surface area contributed by atoms with E-state index in [1.165, 1.54) is 119 Å². The van der Waals surface area contributed by atoms with Crippen molar-refractivity contribution in [1.29, 1.82) is 0 Å². The van der Waals surface area contributed by atoms with Crippen LogP contribution in [0.5, 0.6) is 0 Å². The van der Waals surface area contributed by atoms with Crippen molar-refractivity contribution in [2.45, 2.75) is 0 Å². The highest BCUT2D eigenvalue weighted by Crippen LogP contribution is 2.47. The summed E-state index contributed by atoms with van der Waals surface area (Å²) >= 11 is 1.91. The minimum Gasteiger partial charge on any atom is -0.135 e. The van der Waals surface area contributed by atoms with Crippen molar-refractivity contribution >= 4 is 85.4 Å². The molecule has 0 saturated carbocycles. The molecule has 0 amide bonds. The SMILES string of the molecule is c1ccc(-c2cc3ccccc3c3ccccc23)c(-c2ccc(-c3c4ccccc4c(-c4ccc5c(c4)sc4c6ccccc6ccc54)c4ccccc34)cc2)c1. The molecule has 1 heterocycles. The van der Waals surface area contributed by atoms with Gasteiger partial charge in [-0.3, -0.25) is 0 Å². The van der Waals surface area contributed by atoms with Crippen molar-refractivity contribution in [1.82, 2.24) is 0 Å². The Morgan fingerprint density at radius 3 is 1.44 bits per heavy atom. The van der Waals surface area contributed by atoms with E-state index in [0.29, 0.717) is 0 Å². The molecule has 0 saturated heterocycles. The average molecular weight is 739 g/mol. The van der Waals surface area contributed by atoms with Gasteiger partial charge in [0, 0.05) is 20.2 Å². The molecular weight excluding hydrogens is 705 g/mol. The van der Waals surface area contributed by atoms with Crippen LogP contribution in [0.3, 0.4) is 0 Å². The van der Waals surface area contributed by atoms with Gasteiger partial charge in [0.25, 0.3) is 0 Å². The Morgan fingerprint density at radius 1 is 0.246 bits per heavy atom. The van der Waals surface area contributed by atoms with Crippen LogP contribution in [0.4, 0.5) is 0 Å². The van der Waals surface area contributed by atoms with E-state index in [4.69, 9.17) is 0 Å². The van der Waals surface area contributed by atoms with Crippen molar-refractivity contribution in [2.75, 3.05) is 0 Å². The van der Waals surface area contributed by atoms with Gasteiger partial charge >= 0.3 is 0 Å². The van der Waals surface area contributed by atoms with E-state index in [0.717, 1.165) is 0 Å². The first-order chi connectivity index (χ1) is 28.3. The molecule has 1 aromatic heterocycles. The van der Waals surface area contributed by atoms with E-state index >= 15 is 0 Å². The highest BCUT2D eigenvalue weighted by atomic mass is 32.1. The lowest BCUT2D eigenvalue weighted by Crippen LogP contribution is -1.91. The molecule has 0 nitrogen and oxygen atoms in total. The van der Waals surface area contributed by atoms with Crippen LogP contribution in [0, 0.1) is 0 Å². The lowest BCUT2D eigenvalue weighted by atomic mass is 9.85. The Morgan fingerprint density at radius 2 is 0.737 bits per heavy atom. The first kappa shape index (κ1) is 32.2. The zero-order valence-corrected chi connectivity index (χ0v) is 31.9. The van der Waals surface area contributed by atoms with Crippen LogP contribution in [-0.4, -0.2) is 0 Å². The van der Waals surface area contributed by atoms with Gasteiger partial charge in [0.15, 0.2) is 0 Å². The summed E-state index contributed by atoms with van der Waals surface area (Å²) in [6, 6.07) is 76.4. The molecule has 12 rings (SSSR count). The van der Waals surface area contributed by atoms with Crippen LogP contribution < -0.4 is 0 Å². The van der Waals surface area contributed by atoms with Crippen LogP contribution in [0.25, 0.3) is 119 Å². The van der Waals surface area contributed by atoms with Crippen molar-refractivity contribution in [3.05, 3.63) is 206 Å². The van der Waals surface area contributed by atoms with Crippen LogP contribution in [0.15, 0.2) is 206 Å². The van der Waals surface area contributed by atoms with Gasteiger partial charge in [0.05, 0.1) is 0 Å². The molecule has 0 aliphatic carbocycles. The fraction of sp³-hybridized carbons (Fsp3) is 0. The van der Waals surface area contributed by atoms with E-state index in [1.54, 1.807) is 0 Å². The lowest BCUT2D eigenvalue weighted by Gasteiger charge is -2.18. The van der Waals surface area contributed by atoms with Gasteiger partial charge in [-0.05, 0) is 111 Å². The van der Waals surface area contributed by atoms with Gasteiger partial charge in [-0.25, -0.2) is 0 Å². The molecule has 0 spiro atoms. The molecule has 0 aliphatic rings. The fourth-order valence-electron chi connectivity index (χ4n) is 9.47. The summed E-state index contributed by atoms with van der Waals surface area (Å²) in [6.07, 6.45) is 0. The Hall–Kier alpha value is -7.06. The van der Waals surface area contributed by atoms with Gasteiger partial charge in [-0.15, -0.1) is 11.3 Å². The minimum atomic E-state index is 1.21. The zero-order chi connectivity index (χ0) is 37.5. The van der Waals surface area contributed by atoms with Gasteiger partial charge in [0.1, 0.15) is 0 Å². The molecule has 0 fully saturated rings. The van der Waals surface area contributed by atoms with E-state index in [2.05, 4.69) is 206 Å². The summed E-state index contributed by atoms with van der Waals surface area (Å²) in [5, 5.41) is 15.5. The van der Waals surface area contributed by atoms with Crippen molar-refractivity contribution in [2.24, 2.45) is 0 Å². The minimum absolute atomic E-state index is 1.21. The fourth-order valence-corrected chi connectivity index (χ4v) is 10.8. The molecule has 0 radical (unpaired) electrons. The second kappa shape index (κ2) is 12.7. The number of thiophene rings is 1. The van der Waals surface area contributed by atoms with Gasteiger partial charge in [-0.1, -0.05) is 194 Å². The number of benzene rings is 11. The predicted octanol–water partition coefficient (Wildman–Crippen LogP) is 16.5. The van der Waals surface area contributed by atoms with Crippen LogP contribution in [0.2, 0.25) is 0 Å². The van der Waals surface area contributed by atoms with Crippen molar-refractivity contribution in [3.8, 4) is 44.5 Å². The number of hydrogen-bond donors (Lipinski definition) is 0. The Labute approximate surface area is 334 Å². The predicted molar refractivity (Wildman–Crippen MR) is 249 cm³/mol. The van der Waals surface area contributed by atoms with E-state index in [1.807, 2.05) is 11.3 Å². The van der Waals surface area contributed by atoms with Gasteiger partial charge in [-0.2, -0.15) is 0 Å². The molecular formula is C56H34S. The Bertz CT molecular complexity index is 3510. The lowest BCUT2D eigenvalue weighted by molar-refractivity contribution is 1.60. The number of rotatable bonds is 4. The third-order valence-electron chi connectivity index (χ3n) is 12.1. The molecule has 0 atom stereocenters. The molecule has 264 valence electrons. The molecule has 0 unspecified atom stereocenters. The molecule has 0 aliphatic heterocycles. The largest absolute Gasteiger partial charge is 0.135 e. The van der Waals surface area contributed by atoms with Crippen LogP contribution in [0.1, 0.15) is 0 Å². The molecule has 57 heavy (non-hydrogen) atoms. The summed E-state index contributed by atoms with van der Waals surface area (Å²) < 4.78 is 2.69. The quantitative estimate of drug-likeness (QED) is 0.125. The van der Waals surface area contributed by atoms with E-state index < -0.39 is 0 Å². The average Bonchev–Trinajstić information content (AvgIpc) is 3.66. The topological polar surface area (TPSA) is 0 Å². The summed E-state index contributed by atoms with van der Waals surface area (Å²) in [4.78, 5) is 0. The molecule has 0 bridgehead atoms. The standard InChI is InChI=1S/C56H34S/c1-4-17-42-35(13-1)29-32-51-46-31-30-39(34-53(46)57-56(42)51)55-49-23-11-9-21-47(49)54(48-22-10-12-24-50(48)55)37-27-25-36(26-28-37)40-15-5-6-19-44(40)52-33-38-14-2-3-16-41(38)43-18-7-8-20-45(43)52/h1-34H. The third-order valence-corrected chi connectivity index (χ3v) is 13.3. The Balaban J connectivity index is 1.01. The number of hydrogen-bond acceptors (Lipinski definition) is 1. The maximum Gasteiger partial charge on any atom is 0.0433 e. The summed E-state index contributed by atoms with van der Waals surface area (Å²) in [7, 11) is 0. The van der Waals surface area contributed by atoms with Crippen molar-refractivity contribution in [3.63, 3.8) is 0 Å². The second-order valence-electron chi connectivity index (χ2n) is 15.1. The summed E-state index contributed by atoms with van der Waals surface area (Å²) in [6.45, 7) is 0. The second-order valence-corrected chi connectivity index (χ2v) is 16.2. The summed E-state index contributed by atoms with van der Waals surface area (Å²) in [5.74, 6) is 0. The molecule has 0 N–H and O–H groups in total. The normalized spacial score (nSPS) is 11.9. The van der Waals surface area contributed by atoms with E-state index in [-0.39, 0.29) is 0 Å². The highest BCUT2D eigenvalue weighted by Gasteiger charge is 2.19. The first-order valence-electron chi connectivity index (χ1n) is 19.7. The smallest absolute Gasteiger partial charge is 0.0433 e. The van der Waals surface area contributed by atoms with E-state index in [9.17, 15) is 0 Å². The van der Waals surface area contributed by atoms with Crippen molar-refractivity contribution < 1.29 is 0 Å². The molecule has 1 heteroatoms. The maximum absolute atomic E-state index is 2.42. The third kappa shape index (κ3) is 4.99. The maximum atomic E-state index is 2.42. The Kier molecular flexibility index (Phi) is 7.20. The number of fused-ring (bicyclic) bond motifs is 10. The van der Waals surface area contributed by atoms with Gasteiger partial charge in [0.2, 0.25) is 0 Å². The van der Waals surface area contributed by atoms with Crippen LogP contribution in [-0.2, 0) is 0 Å². The zero-order valence-electron chi connectivity index (χ0n) is 31.0. The first-order valence-corrected chi connectivity index (χ1v) is 20.5.